The lowest BCUT2D eigenvalue weighted by Crippen LogP contribution is -2.10. The van der Waals surface area contributed by atoms with Gasteiger partial charge in [0.1, 0.15) is 5.75 Å². The fourth-order valence-electron chi connectivity index (χ4n) is 1.97. The summed E-state index contributed by atoms with van der Waals surface area (Å²) in [5, 5.41) is 2.77. The number of benzene rings is 2. The number of nitrogens with two attached hydrogens (primary N) is 1. The normalized spacial score (nSPS) is 11.3. The fraction of sp³-hybridized carbons (Fsp3) is 0.200. The molecule has 0 saturated carbocycles. The van der Waals surface area contributed by atoms with Gasteiger partial charge in [-0.2, -0.15) is 13.2 Å². The molecule has 0 spiro atoms. The maximum Gasteiger partial charge on any atom is 0.418 e. The van der Waals surface area contributed by atoms with Gasteiger partial charge >= 0.3 is 6.18 Å². The molecule has 112 valence electrons. The molecule has 3 nitrogen and oxygen atoms in total. The standard InChI is InChI=1S/C15H15F3N2O/c1-9-3-6-14(21-2)13(7-9)20-12-5-4-10(19)8-11(12)15(16,17)18/h3-8,20H,19H2,1-2H3. The van der Waals surface area contributed by atoms with Gasteiger partial charge < -0.3 is 15.8 Å². The number of anilines is 3. The lowest BCUT2D eigenvalue weighted by Gasteiger charge is -2.17. The Hall–Kier alpha value is -2.37. The molecule has 0 aliphatic heterocycles. The Morgan fingerprint density at radius 2 is 1.76 bits per heavy atom. The molecule has 0 fully saturated rings. The van der Waals surface area contributed by atoms with Crippen molar-refractivity contribution in [1.82, 2.24) is 0 Å². The highest BCUT2D eigenvalue weighted by atomic mass is 19.4. The van der Waals surface area contributed by atoms with Gasteiger partial charge in [0.2, 0.25) is 0 Å². The van der Waals surface area contributed by atoms with Crippen molar-refractivity contribution < 1.29 is 17.9 Å². The van der Waals surface area contributed by atoms with Crippen LogP contribution in [0.5, 0.6) is 5.75 Å². The van der Waals surface area contributed by atoms with Crippen LogP contribution in [0, 0.1) is 6.92 Å². The summed E-state index contributed by atoms with van der Waals surface area (Å²) >= 11 is 0. The molecule has 0 aliphatic rings. The minimum absolute atomic E-state index is 0.0593. The van der Waals surface area contributed by atoms with E-state index in [-0.39, 0.29) is 11.4 Å². The highest BCUT2D eigenvalue weighted by Gasteiger charge is 2.33. The minimum atomic E-state index is -4.49. The van der Waals surface area contributed by atoms with Gasteiger partial charge in [-0.25, -0.2) is 0 Å². The Bertz CT molecular complexity index is 654. The first kappa shape index (κ1) is 15.0. The Morgan fingerprint density at radius 3 is 2.38 bits per heavy atom. The number of methoxy groups -OCH3 is 1. The third kappa shape index (κ3) is 3.39. The zero-order chi connectivity index (χ0) is 15.6. The molecule has 0 radical (unpaired) electrons. The molecule has 0 aliphatic carbocycles. The Labute approximate surface area is 120 Å². The van der Waals surface area contributed by atoms with Crippen LogP contribution in [0.4, 0.5) is 30.2 Å². The number of hydrogen-bond donors (Lipinski definition) is 2. The highest BCUT2D eigenvalue weighted by Crippen LogP contribution is 2.38. The van der Waals surface area contributed by atoms with E-state index in [1.165, 1.54) is 19.2 Å². The molecule has 6 heteroatoms. The van der Waals surface area contributed by atoms with Gasteiger partial charge in [-0.3, -0.25) is 0 Å². The number of nitrogens with one attached hydrogen (secondary N) is 1. The van der Waals surface area contributed by atoms with Gasteiger partial charge in [-0.1, -0.05) is 6.07 Å². The highest BCUT2D eigenvalue weighted by molar-refractivity contribution is 5.71. The number of nitrogen functional groups attached to an aromatic ring is 1. The lowest BCUT2D eigenvalue weighted by atomic mass is 10.1. The summed E-state index contributed by atoms with van der Waals surface area (Å²) in [6.45, 7) is 1.85. The van der Waals surface area contributed by atoms with Crippen LogP contribution in [0.3, 0.4) is 0 Å². The van der Waals surface area contributed by atoms with Crippen molar-refractivity contribution in [3.05, 3.63) is 47.5 Å². The first-order chi connectivity index (χ1) is 9.81. The molecule has 0 bridgehead atoms. The van der Waals surface area contributed by atoms with E-state index in [1.54, 1.807) is 12.1 Å². The summed E-state index contributed by atoms with van der Waals surface area (Å²) in [5.41, 5.74) is 5.99. The van der Waals surface area contributed by atoms with E-state index in [0.717, 1.165) is 11.6 Å². The van der Waals surface area contributed by atoms with Crippen molar-refractivity contribution >= 4 is 17.1 Å². The molecular weight excluding hydrogens is 281 g/mol. The van der Waals surface area contributed by atoms with E-state index < -0.39 is 11.7 Å². The summed E-state index contributed by atoms with van der Waals surface area (Å²) < 4.78 is 44.4. The van der Waals surface area contributed by atoms with E-state index in [2.05, 4.69) is 5.32 Å². The largest absolute Gasteiger partial charge is 0.495 e. The smallest absolute Gasteiger partial charge is 0.418 e. The van der Waals surface area contributed by atoms with E-state index in [0.29, 0.717) is 11.4 Å². The quantitative estimate of drug-likeness (QED) is 0.828. The van der Waals surface area contributed by atoms with Crippen molar-refractivity contribution in [2.45, 2.75) is 13.1 Å². The van der Waals surface area contributed by atoms with Gasteiger partial charge in [0.25, 0.3) is 0 Å². The van der Waals surface area contributed by atoms with Crippen LogP contribution in [-0.2, 0) is 6.18 Å². The Morgan fingerprint density at radius 1 is 1.05 bits per heavy atom. The van der Waals surface area contributed by atoms with Gasteiger partial charge in [-0.15, -0.1) is 0 Å². The van der Waals surface area contributed by atoms with Gasteiger partial charge in [0, 0.05) is 5.69 Å². The summed E-state index contributed by atoms with van der Waals surface area (Å²) in [7, 11) is 1.46. The molecule has 2 rings (SSSR count). The van der Waals surface area contributed by atoms with E-state index >= 15 is 0 Å². The monoisotopic (exact) mass is 296 g/mol. The van der Waals surface area contributed by atoms with Gasteiger partial charge in [0.05, 0.1) is 24.0 Å². The van der Waals surface area contributed by atoms with Crippen molar-refractivity contribution in [3.8, 4) is 5.75 Å². The average Bonchev–Trinajstić information content (AvgIpc) is 2.40. The van der Waals surface area contributed by atoms with Crippen molar-refractivity contribution in [3.63, 3.8) is 0 Å². The second kappa shape index (κ2) is 5.55. The van der Waals surface area contributed by atoms with Crippen LogP contribution >= 0.6 is 0 Å². The molecule has 21 heavy (non-hydrogen) atoms. The molecule has 2 aromatic rings. The topological polar surface area (TPSA) is 47.3 Å². The molecular formula is C15H15F3N2O. The zero-order valence-corrected chi connectivity index (χ0v) is 11.6. The number of alkyl halides is 3. The van der Waals surface area contributed by atoms with Crippen LogP contribution < -0.4 is 15.8 Å². The van der Waals surface area contributed by atoms with Crippen LogP contribution in [0.15, 0.2) is 36.4 Å². The van der Waals surface area contributed by atoms with Crippen LogP contribution in [0.2, 0.25) is 0 Å². The molecule has 0 saturated heterocycles. The lowest BCUT2D eigenvalue weighted by molar-refractivity contribution is -0.136. The predicted molar refractivity (Wildman–Crippen MR) is 76.9 cm³/mol. The zero-order valence-electron chi connectivity index (χ0n) is 11.6. The number of aryl methyl sites for hydroxylation is 1. The van der Waals surface area contributed by atoms with Crippen molar-refractivity contribution in [2.75, 3.05) is 18.2 Å². The predicted octanol–water partition coefficient (Wildman–Crippen LogP) is 4.35. The van der Waals surface area contributed by atoms with E-state index in [9.17, 15) is 13.2 Å². The number of hydrogen-bond acceptors (Lipinski definition) is 3. The fourth-order valence-corrected chi connectivity index (χ4v) is 1.97. The Balaban J connectivity index is 2.47. The summed E-state index contributed by atoms with van der Waals surface area (Å²) in [6, 6.07) is 8.86. The van der Waals surface area contributed by atoms with Crippen molar-refractivity contribution in [2.24, 2.45) is 0 Å². The third-order valence-corrected chi connectivity index (χ3v) is 2.97. The molecule has 0 aromatic heterocycles. The van der Waals surface area contributed by atoms with Crippen molar-refractivity contribution in [1.29, 1.82) is 0 Å². The molecule has 0 heterocycles. The average molecular weight is 296 g/mol. The molecule has 0 atom stereocenters. The maximum atomic E-state index is 13.1. The summed E-state index contributed by atoms with van der Waals surface area (Å²) in [4.78, 5) is 0. The van der Waals surface area contributed by atoms with E-state index in [1.807, 2.05) is 13.0 Å². The number of ether oxygens (including phenoxy) is 1. The first-order valence-corrected chi connectivity index (χ1v) is 6.19. The third-order valence-electron chi connectivity index (χ3n) is 2.97. The van der Waals surface area contributed by atoms with Crippen LogP contribution in [0.1, 0.15) is 11.1 Å². The van der Waals surface area contributed by atoms with E-state index in [4.69, 9.17) is 10.5 Å². The van der Waals surface area contributed by atoms with Gasteiger partial charge in [-0.05, 0) is 42.8 Å². The SMILES string of the molecule is COc1ccc(C)cc1Nc1ccc(N)cc1C(F)(F)F. The van der Waals surface area contributed by atoms with Crippen LogP contribution in [-0.4, -0.2) is 7.11 Å². The van der Waals surface area contributed by atoms with Gasteiger partial charge in [0.15, 0.2) is 0 Å². The second-order valence-corrected chi connectivity index (χ2v) is 4.63. The first-order valence-electron chi connectivity index (χ1n) is 6.19. The molecule has 0 amide bonds. The Kier molecular flexibility index (Phi) is 3.97. The minimum Gasteiger partial charge on any atom is -0.495 e. The molecule has 2 aromatic carbocycles. The molecule has 0 unspecified atom stereocenters. The number of halogens is 3. The number of rotatable bonds is 3. The maximum absolute atomic E-state index is 13.1. The summed E-state index contributed by atoms with van der Waals surface area (Å²) in [5.74, 6) is 0.463. The van der Waals surface area contributed by atoms with Crippen LogP contribution in [0.25, 0.3) is 0 Å². The summed E-state index contributed by atoms with van der Waals surface area (Å²) in [6.07, 6.45) is -4.49. The second-order valence-electron chi connectivity index (χ2n) is 4.63. The molecule has 3 N–H and O–H groups in total.